The Labute approximate surface area is 96.7 Å². The van der Waals surface area contributed by atoms with Crippen molar-refractivity contribution < 1.29 is 19.1 Å². The Morgan fingerprint density at radius 2 is 2.24 bits per heavy atom. The molecule has 1 aromatic rings. The highest BCUT2D eigenvalue weighted by Gasteiger charge is 2.44. The topological polar surface area (TPSA) is 57.6 Å². The summed E-state index contributed by atoms with van der Waals surface area (Å²) in [5.74, 6) is -1.14. The van der Waals surface area contributed by atoms with Crippen LogP contribution in [0.3, 0.4) is 0 Å². The first-order chi connectivity index (χ1) is 8.08. The van der Waals surface area contributed by atoms with Gasteiger partial charge in [-0.15, -0.1) is 0 Å². The number of hydrogen-bond donors (Lipinski definition) is 1. The average molecular weight is 235 g/mol. The van der Waals surface area contributed by atoms with Gasteiger partial charge in [0.1, 0.15) is 6.17 Å². The van der Waals surface area contributed by atoms with Crippen molar-refractivity contribution in [3.8, 4) is 0 Å². The summed E-state index contributed by atoms with van der Waals surface area (Å²) in [7, 11) is 0. The van der Waals surface area contributed by atoms with E-state index in [4.69, 9.17) is 5.11 Å². The van der Waals surface area contributed by atoms with E-state index in [2.05, 4.69) is 0 Å². The van der Waals surface area contributed by atoms with Crippen molar-refractivity contribution in [1.29, 1.82) is 0 Å². The SMILES string of the molecule is O=C(O)c1ccc2c(c1)N1C(=O)CC1CC2F. The number of carboxylic acid groups (broad SMARTS) is 1. The number of rotatable bonds is 1. The lowest BCUT2D eigenvalue weighted by Crippen LogP contribution is -2.55. The van der Waals surface area contributed by atoms with Gasteiger partial charge in [0.25, 0.3) is 0 Å². The van der Waals surface area contributed by atoms with Crippen LogP contribution in [-0.4, -0.2) is 23.0 Å². The molecule has 17 heavy (non-hydrogen) atoms. The molecule has 3 rings (SSSR count). The summed E-state index contributed by atoms with van der Waals surface area (Å²) in [6.07, 6.45) is -0.440. The number of carbonyl (C=O) groups excluding carboxylic acids is 1. The molecular weight excluding hydrogens is 225 g/mol. The molecule has 1 amide bonds. The average Bonchev–Trinajstić information content (AvgIpc) is 2.27. The summed E-state index contributed by atoms with van der Waals surface area (Å²) in [6.45, 7) is 0. The first-order valence-corrected chi connectivity index (χ1v) is 5.41. The van der Waals surface area contributed by atoms with Crippen LogP contribution in [0.2, 0.25) is 0 Å². The number of halogens is 1. The molecule has 4 nitrogen and oxygen atoms in total. The van der Waals surface area contributed by atoms with Crippen molar-refractivity contribution in [1.82, 2.24) is 0 Å². The molecule has 88 valence electrons. The van der Waals surface area contributed by atoms with Crippen molar-refractivity contribution in [2.24, 2.45) is 0 Å². The third-order valence-corrected chi connectivity index (χ3v) is 3.40. The van der Waals surface area contributed by atoms with Gasteiger partial charge in [-0.3, -0.25) is 4.79 Å². The minimum Gasteiger partial charge on any atom is -0.478 e. The number of alkyl halides is 1. The molecule has 0 aromatic heterocycles. The van der Waals surface area contributed by atoms with E-state index in [1.807, 2.05) is 0 Å². The van der Waals surface area contributed by atoms with Crippen LogP contribution in [0.15, 0.2) is 18.2 Å². The van der Waals surface area contributed by atoms with Crippen LogP contribution in [0.4, 0.5) is 10.1 Å². The van der Waals surface area contributed by atoms with Gasteiger partial charge >= 0.3 is 5.97 Å². The summed E-state index contributed by atoms with van der Waals surface area (Å²) in [5, 5.41) is 8.89. The number of hydrogen-bond acceptors (Lipinski definition) is 2. The maximum atomic E-state index is 13.8. The number of carboxylic acids is 1. The molecule has 1 fully saturated rings. The summed E-state index contributed by atoms with van der Waals surface area (Å²) in [6, 6.07) is 4.12. The second-order valence-corrected chi connectivity index (χ2v) is 4.40. The molecule has 1 aromatic carbocycles. The molecular formula is C12H10FNO3. The van der Waals surface area contributed by atoms with Gasteiger partial charge in [0.2, 0.25) is 5.91 Å². The molecule has 0 saturated carbocycles. The molecule has 0 spiro atoms. The second kappa shape index (κ2) is 3.29. The van der Waals surface area contributed by atoms with E-state index >= 15 is 0 Å². The molecule has 2 unspecified atom stereocenters. The number of benzene rings is 1. The third kappa shape index (κ3) is 1.35. The van der Waals surface area contributed by atoms with Crippen LogP contribution in [0, 0.1) is 0 Å². The quantitative estimate of drug-likeness (QED) is 0.756. The van der Waals surface area contributed by atoms with Crippen LogP contribution < -0.4 is 4.90 Å². The van der Waals surface area contributed by atoms with Crippen LogP contribution in [0.1, 0.15) is 34.9 Å². The van der Waals surface area contributed by atoms with Gasteiger partial charge in [0.05, 0.1) is 11.3 Å². The molecule has 5 heteroatoms. The first-order valence-electron chi connectivity index (χ1n) is 5.41. The molecule has 2 atom stereocenters. The molecule has 0 radical (unpaired) electrons. The van der Waals surface area contributed by atoms with E-state index in [-0.39, 0.29) is 17.5 Å². The second-order valence-electron chi connectivity index (χ2n) is 4.40. The van der Waals surface area contributed by atoms with Crippen LogP contribution in [-0.2, 0) is 4.79 Å². The fourth-order valence-electron chi connectivity index (χ4n) is 2.52. The zero-order valence-electron chi connectivity index (χ0n) is 8.89. The highest BCUT2D eigenvalue weighted by Crippen LogP contribution is 2.44. The standard InChI is InChI=1S/C12H10FNO3/c13-9-4-7-5-11(15)14(7)10-3-6(12(16)17)1-2-8(9)10/h1-3,7,9H,4-5H2,(H,16,17). The van der Waals surface area contributed by atoms with Crippen molar-refractivity contribution in [2.75, 3.05) is 4.90 Å². The maximum Gasteiger partial charge on any atom is 0.335 e. The first kappa shape index (κ1) is 10.3. The van der Waals surface area contributed by atoms with E-state index in [1.54, 1.807) is 0 Å². The third-order valence-electron chi connectivity index (χ3n) is 3.40. The molecule has 2 heterocycles. The smallest absolute Gasteiger partial charge is 0.335 e. The molecule has 2 aliphatic heterocycles. The van der Waals surface area contributed by atoms with E-state index < -0.39 is 12.1 Å². The van der Waals surface area contributed by atoms with Crippen molar-refractivity contribution >= 4 is 17.6 Å². The number of aromatic carboxylic acids is 1. The lowest BCUT2D eigenvalue weighted by Gasteiger charge is -2.45. The predicted octanol–water partition coefficient (Wildman–Crippen LogP) is 1.90. The lowest BCUT2D eigenvalue weighted by molar-refractivity contribution is -0.124. The van der Waals surface area contributed by atoms with Crippen LogP contribution in [0.25, 0.3) is 0 Å². The Balaban J connectivity index is 2.12. The van der Waals surface area contributed by atoms with Crippen LogP contribution >= 0.6 is 0 Å². The normalized spacial score (nSPS) is 25.9. The zero-order chi connectivity index (χ0) is 12.2. The Kier molecular flexibility index (Phi) is 1.98. The largest absolute Gasteiger partial charge is 0.478 e. The molecule has 0 bridgehead atoms. The summed E-state index contributed by atoms with van der Waals surface area (Å²) in [4.78, 5) is 23.8. The van der Waals surface area contributed by atoms with Gasteiger partial charge in [-0.1, -0.05) is 6.07 Å². The molecule has 1 N–H and O–H groups in total. The fraction of sp³-hybridized carbons (Fsp3) is 0.333. The Morgan fingerprint density at radius 1 is 1.47 bits per heavy atom. The fourth-order valence-corrected chi connectivity index (χ4v) is 2.52. The highest BCUT2D eigenvalue weighted by atomic mass is 19.1. The van der Waals surface area contributed by atoms with E-state index in [1.165, 1.54) is 23.1 Å². The summed E-state index contributed by atoms with van der Waals surface area (Å²) in [5.41, 5.74) is 0.917. The van der Waals surface area contributed by atoms with Gasteiger partial charge < -0.3 is 10.0 Å². The van der Waals surface area contributed by atoms with Crippen LogP contribution in [0.5, 0.6) is 0 Å². The predicted molar refractivity (Wildman–Crippen MR) is 57.8 cm³/mol. The highest BCUT2D eigenvalue weighted by molar-refractivity contribution is 6.03. The van der Waals surface area contributed by atoms with E-state index in [9.17, 15) is 14.0 Å². The maximum absolute atomic E-state index is 13.8. The van der Waals surface area contributed by atoms with Gasteiger partial charge in [0.15, 0.2) is 0 Å². The van der Waals surface area contributed by atoms with E-state index in [0.29, 0.717) is 24.1 Å². The van der Waals surface area contributed by atoms with Gasteiger partial charge in [0, 0.05) is 24.4 Å². The number of anilines is 1. The van der Waals surface area contributed by atoms with Gasteiger partial charge in [-0.25, -0.2) is 9.18 Å². The minimum absolute atomic E-state index is 0.0642. The molecule has 2 aliphatic rings. The van der Waals surface area contributed by atoms with Crippen molar-refractivity contribution in [3.63, 3.8) is 0 Å². The van der Waals surface area contributed by atoms with Crippen molar-refractivity contribution in [3.05, 3.63) is 29.3 Å². The number of β-lactam (4-membered cyclic amide) rings is 1. The Hall–Kier alpha value is -1.91. The van der Waals surface area contributed by atoms with Crippen molar-refractivity contribution in [2.45, 2.75) is 25.1 Å². The van der Waals surface area contributed by atoms with Gasteiger partial charge in [-0.2, -0.15) is 0 Å². The number of fused-ring (bicyclic) bond motifs is 3. The molecule has 1 saturated heterocycles. The number of amides is 1. The number of carbonyl (C=O) groups is 2. The number of nitrogens with zero attached hydrogens (tertiary/aromatic N) is 1. The summed E-state index contributed by atoms with van der Waals surface area (Å²) < 4.78 is 13.8. The Morgan fingerprint density at radius 3 is 2.88 bits per heavy atom. The monoisotopic (exact) mass is 235 g/mol. The minimum atomic E-state index is -1.11. The van der Waals surface area contributed by atoms with Gasteiger partial charge in [-0.05, 0) is 12.1 Å². The van der Waals surface area contributed by atoms with E-state index in [0.717, 1.165) is 0 Å². The zero-order valence-corrected chi connectivity index (χ0v) is 8.89. The summed E-state index contributed by atoms with van der Waals surface area (Å²) >= 11 is 0. The molecule has 0 aliphatic carbocycles. The Bertz CT molecular complexity index is 528. The lowest BCUT2D eigenvalue weighted by atomic mass is 9.86.